The molecule has 1 aromatic carbocycles. The highest BCUT2D eigenvalue weighted by molar-refractivity contribution is 7.13. The molecule has 1 N–H and O–H groups in total. The van der Waals surface area contributed by atoms with Gasteiger partial charge in [-0.25, -0.2) is 18.2 Å². The van der Waals surface area contributed by atoms with Gasteiger partial charge in [0.15, 0.2) is 0 Å². The van der Waals surface area contributed by atoms with Gasteiger partial charge in [-0.1, -0.05) is 12.2 Å². The Hall–Kier alpha value is -2.87. The highest BCUT2D eigenvalue weighted by Gasteiger charge is 2.33. The molecule has 0 bridgehead atoms. The number of thiazole rings is 1. The largest absolute Gasteiger partial charge is 0.374 e. The molecule has 2 heterocycles. The number of rotatable bonds is 6. The van der Waals surface area contributed by atoms with E-state index < -0.39 is 18.2 Å². The molecule has 0 saturated heterocycles. The van der Waals surface area contributed by atoms with Crippen molar-refractivity contribution in [2.24, 2.45) is 0 Å². The average molecular weight is 448 g/mol. The Morgan fingerprint density at radius 2 is 2.13 bits per heavy atom. The molecule has 0 unspecified atom stereocenters. The van der Waals surface area contributed by atoms with Gasteiger partial charge >= 0.3 is 0 Å². The summed E-state index contributed by atoms with van der Waals surface area (Å²) >= 11 is 1.26. The Kier molecular flexibility index (Phi) is 6.69. The van der Waals surface area contributed by atoms with E-state index >= 15 is 0 Å². The van der Waals surface area contributed by atoms with Gasteiger partial charge < -0.3 is 10.2 Å². The quantitative estimate of drug-likeness (QED) is 0.556. The number of halogens is 3. The summed E-state index contributed by atoms with van der Waals surface area (Å²) in [7, 11) is 1.73. The number of anilines is 1. The van der Waals surface area contributed by atoms with Gasteiger partial charge in [-0.3, -0.25) is 4.79 Å². The molecule has 0 aliphatic carbocycles. The van der Waals surface area contributed by atoms with E-state index in [0.717, 1.165) is 5.01 Å². The smallest absolute Gasteiger partial charge is 0.276 e. The third kappa shape index (κ3) is 5.07. The minimum Gasteiger partial charge on any atom is -0.374 e. The molecule has 0 spiro atoms. The molecule has 8 heteroatoms. The van der Waals surface area contributed by atoms with Crippen LogP contribution in [0, 0.1) is 19.7 Å². The summed E-state index contributed by atoms with van der Waals surface area (Å²) in [6, 6.07) is 4.25. The number of benzene rings is 1. The van der Waals surface area contributed by atoms with Crippen molar-refractivity contribution in [3.05, 3.63) is 75.5 Å². The zero-order valence-electron chi connectivity index (χ0n) is 17.6. The standard InChI is InChI=1S/C23H24F3N3OS/c1-5-10-23(25,26)16-7-6-11-29(4)20(12-16)18-9-8-17(13-19(18)24)28-22(30)21-14(2)27-15(3)31-21/h5,7-9,12-13H,1,6,10-11H2,2-4H3,(H,28,30). The second-order valence-corrected chi connectivity index (χ2v) is 8.60. The third-order valence-electron chi connectivity index (χ3n) is 4.97. The van der Waals surface area contributed by atoms with E-state index in [0.29, 0.717) is 29.2 Å². The Bertz CT molecular complexity index is 1070. The first-order valence-electron chi connectivity index (χ1n) is 9.80. The molecule has 0 fully saturated rings. The molecular formula is C23H24F3N3OS. The summed E-state index contributed by atoms with van der Waals surface area (Å²) < 4.78 is 43.9. The first-order valence-corrected chi connectivity index (χ1v) is 10.6. The molecule has 0 radical (unpaired) electrons. The SMILES string of the molecule is C=CCC(F)(F)C1=CCCN(C)C(c2ccc(NC(=O)c3sc(C)nc3C)cc2F)=C1. The van der Waals surface area contributed by atoms with Gasteiger partial charge in [-0.15, -0.1) is 17.9 Å². The molecule has 164 valence electrons. The minimum absolute atomic E-state index is 0.153. The summed E-state index contributed by atoms with van der Waals surface area (Å²) in [6.45, 7) is 7.42. The Labute approximate surface area is 183 Å². The van der Waals surface area contributed by atoms with Gasteiger partial charge in [0.2, 0.25) is 0 Å². The number of hydrogen-bond donors (Lipinski definition) is 1. The van der Waals surface area contributed by atoms with Crippen molar-refractivity contribution in [1.29, 1.82) is 0 Å². The number of aryl methyl sites for hydroxylation is 2. The van der Waals surface area contributed by atoms with Crippen LogP contribution in [0.1, 0.15) is 38.8 Å². The second kappa shape index (κ2) is 9.09. The fourth-order valence-corrected chi connectivity index (χ4v) is 4.23. The molecule has 1 amide bonds. The molecule has 2 aromatic rings. The lowest BCUT2D eigenvalue weighted by molar-refractivity contribution is 0.0489. The Morgan fingerprint density at radius 3 is 2.74 bits per heavy atom. The first-order chi connectivity index (χ1) is 14.6. The summed E-state index contributed by atoms with van der Waals surface area (Å²) in [4.78, 5) is 18.9. The van der Waals surface area contributed by atoms with Crippen molar-refractivity contribution >= 4 is 28.6 Å². The average Bonchev–Trinajstić information content (AvgIpc) is 2.90. The van der Waals surface area contributed by atoms with Gasteiger partial charge in [-0.2, -0.15) is 0 Å². The number of carbonyl (C=O) groups excluding carboxylic acids is 1. The van der Waals surface area contributed by atoms with Gasteiger partial charge in [0.25, 0.3) is 11.8 Å². The maximum atomic E-state index is 15.0. The molecular weight excluding hydrogens is 423 g/mol. The van der Waals surface area contributed by atoms with Crippen molar-refractivity contribution in [2.75, 3.05) is 18.9 Å². The fraction of sp³-hybridized carbons (Fsp3) is 0.304. The van der Waals surface area contributed by atoms with E-state index in [2.05, 4.69) is 16.9 Å². The second-order valence-electron chi connectivity index (χ2n) is 7.39. The van der Waals surface area contributed by atoms with Crippen LogP contribution in [-0.2, 0) is 0 Å². The number of nitrogens with one attached hydrogen (secondary N) is 1. The van der Waals surface area contributed by atoms with Crippen molar-refractivity contribution in [1.82, 2.24) is 9.88 Å². The number of amides is 1. The highest BCUT2D eigenvalue weighted by Crippen LogP contribution is 2.35. The number of hydrogen-bond acceptors (Lipinski definition) is 4. The predicted molar refractivity (Wildman–Crippen MR) is 119 cm³/mol. The van der Waals surface area contributed by atoms with E-state index in [1.165, 1.54) is 41.7 Å². The zero-order valence-corrected chi connectivity index (χ0v) is 18.5. The number of allylic oxidation sites excluding steroid dienone is 3. The third-order valence-corrected chi connectivity index (χ3v) is 6.04. The molecule has 1 aliphatic rings. The van der Waals surface area contributed by atoms with Crippen LogP contribution in [0.2, 0.25) is 0 Å². The van der Waals surface area contributed by atoms with E-state index in [1.807, 2.05) is 0 Å². The van der Waals surface area contributed by atoms with Gasteiger partial charge in [0, 0.05) is 42.5 Å². The van der Waals surface area contributed by atoms with Crippen LogP contribution < -0.4 is 5.32 Å². The van der Waals surface area contributed by atoms with Gasteiger partial charge in [-0.05, 0) is 44.5 Å². The van der Waals surface area contributed by atoms with Crippen LogP contribution >= 0.6 is 11.3 Å². The lowest BCUT2D eigenvalue weighted by atomic mass is 10.0. The Morgan fingerprint density at radius 1 is 1.39 bits per heavy atom. The summed E-state index contributed by atoms with van der Waals surface area (Å²) in [5.74, 6) is -4.05. The van der Waals surface area contributed by atoms with Crippen molar-refractivity contribution in [2.45, 2.75) is 32.6 Å². The van der Waals surface area contributed by atoms with Crippen LogP contribution in [0.5, 0.6) is 0 Å². The lowest BCUT2D eigenvalue weighted by Gasteiger charge is -2.23. The minimum atomic E-state index is -3.08. The zero-order chi connectivity index (χ0) is 22.8. The maximum absolute atomic E-state index is 15.0. The number of nitrogens with zero attached hydrogens (tertiary/aromatic N) is 2. The van der Waals surface area contributed by atoms with E-state index in [9.17, 15) is 18.0 Å². The molecule has 4 nitrogen and oxygen atoms in total. The summed E-state index contributed by atoms with van der Waals surface area (Å²) in [5.41, 5.74) is 1.28. The van der Waals surface area contributed by atoms with Gasteiger partial charge in [0.1, 0.15) is 10.7 Å². The van der Waals surface area contributed by atoms with Crippen LogP contribution in [0.4, 0.5) is 18.9 Å². The van der Waals surface area contributed by atoms with Crippen molar-refractivity contribution < 1.29 is 18.0 Å². The van der Waals surface area contributed by atoms with Crippen LogP contribution in [0.15, 0.2) is 48.6 Å². The van der Waals surface area contributed by atoms with E-state index in [1.54, 1.807) is 31.9 Å². The monoisotopic (exact) mass is 447 g/mol. The molecule has 0 atom stereocenters. The molecule has 1 aliphatic heterocycles. The fourth-order valence-electron chi connectivity index (χ4n) is 3.42. The molecule has 0 saturated carbocycles. The normalized spacial score (nSPS) is 14.6. The lowest BCUT2D eigenvalue weighted by Crippen LogP contribution is -2.19. The summed E-state index contributed by atoms with van der Waals surface area (Å²) in [6.07, 6.45) is 3.92. The molecule has 31 heavy (non-hydrogen) atoms. The Balaban J connectivity index is 1.89. The predicted octanol–water partition coefficient (Wildman–Crippen LogP) is 5.97. The highest BCUT2D eigenvalue weighted by atomic mass is 32.1. The number of carbonyl (C=O) groups is 1. The topological polar surface area (TPSA) is 45.2 Å². The van der Waals surface area contributed by atoms with Crippen LogP contribution in [0.3, 0.4) is 0 Å². The summed E-state index contributed by atoms with van der Waals surface area (Å²) in [5, 5.41) is 3.44. The van der Waals surface area contributed by atoms with Gasteiger partial charge in [0.05, 0.1) is 10.7 Å². The van der Waals surface area contributed by atoms with E-state index in [4.69, 9.17) is 0 Å². The van der Waals surface area contributed by atoms with Crippen molar-refractivity contribution in [3.63, 3.8) is 0 Å². The van der Waals surface area contributed by atoms with Crippen molar-refractivity contribution in [3.8, 4) is 0 Å². The molecule has 3 rings (SSSR count). The first kappa shape index (κ1) is 22.8. The number of aromatic nitrogens is 1. The van der Waals surface area contributed by atoms with E-state index in [-0.39, 0.29) is 22.7 Å². The van der Waals surface area contributed by atoms with Crippen LogP contribution in [-0.4, -0.2) is 35.3 Å². The van der Waals surface area contributed by atoms with Crippen LogP contribution in [0.25, 0.3) is 5.70 Å². The molecule has 1 aromatic heterocycles. The maximum Gasteiger partial charge on any atom is 0.276 e. The number of alkyl halides is 2.